The Balaban J connectivity index is 1.84. The van der Waals surface area contributed by atoms with Gasteiger partial charge in [-0.2, -0.15) is 0 Å². The van der Waals surface area contributed by atoms with E-state index in [2.05, 4.69) is 27.5 Å². The van der Waals surface area contributed by atoms with Crippen molar-refractivity contribution in [3.05, 3.63) is 12.4 Å². The van der Waals surface area contributed by atoms with Crippen LogP contribution in [-0.4, -0.2) is 36.8 Å². The van der Waals surface area contributed by atoms with Crippen molar-refractivity contribution in [2.24, 2.45) is 5.41 Å². The quantitative estimate of drug-likeness (QED) is 0.740. The Labute approximate surface area is 108 Å². The molecule has 5 nitrogen and oxygen atoms in total. The summed E-state index contributed by atoms with van der Waals surface area (Å²) in [5.74, 6) is 1.77. The van der Waals surface area contributed by atoms with Gasteiger partial charge in [-0.3, -0.25) is 0 Å². The van der Waals surface area contributed by atoms with E-state index >= 15 is 0 Å². The van der Waals surface area contributed by atoms with Crippen LogP contribution in [0.5, 0.6) is 0 Å². The third-order valence-electron chi connectivity index (χ3n) is 3.46. The number of anilines is 2. The lowest BCUT2D eigenvalue weighted by atomic mass is 10.0. The van der Waals surface area contributed by atoms with Gasteiger partial charge in [0.25, 0.3) is 0 Å². The van der Waals surface area contributed by atoms with E-state index in [9.17, 15) is 0 Å². The first-order valence-corrected chi connectivity index (χ1v) is 6.57. The number of hydrogen-bond acceptors (Lipinski definition) is 5. The third kappa shape index (κ3) is 3.57. The summed E-state index contributed by atoms with van der Waals surface area (Å²) in [5.41, 5.74) is 0.430. The van der Waals surface area contributed by atoms with Crippen LogP contribution in [0.3, 0.4) is 0 Å². The Kier molecular flexibility index (Phi) is 4.36. The largest absolute Gasteiger partial charge is 0.385 e. The molecule has 5 heteroatoms. The predicted molar refractivity (Wildman–Crippen MR) is 72.8 cm³/mol. The fourth-order valence-electron chi connectivity index (χ4n) is 2.02. The van der Waals surface area contributed by atoms with Gasteiger partial charge < -0.3 is 15.4 Å². The summed E-state index contributed by atoms with van der Waals surface area (Å²) < 4.78 is 5.16. The zero-order chi connectivity index (χ0) is 12.8. The van der Waals surface area contributed by atoms with E-state index in [0.29, 0.717) is 5.41 Å². The van der Waals surface area contributed by atoms with Crippen molar-refractivity contribution in [2.45, 2.75) is 26.2 Å². The highest BCUT2D eigenvalue weighted by atomic mass is 16.5. The summed E-state index contributed by atoms with van der Waals surface area (Å²) >= 11 is 0. The summed E-state index contributed by atoms with van der Waals surface area (Å²) in [6.07, 6.45) is 5.29. The Hall–Kier alpha value is -1.36. The van der Waals surface area contributed by atoms with Crippen LogP contribution in [0.25, 0.3) is 0 Å². The molecule has 1 aliphatic rings. The van der Waals surface area contributed by atoms with Gasteiger partial charge in [0.1, 0.15) is 18.0 Å². The second-order valence-electron chi connectivity index (χ2n) is 4.92. The average Bonchev–Trinajstić information content (AvgIpc) is 3.16. The molecule has 0 amide bonds. The van der Waals surface area contributed by atoms with E-state index in [1.807, 2.05) is 6.07 Å². The minimum atomic E-state index is 0.430. The van der Waals surface area contributed by atoms with Crippen LogP contribution in [0.1, 0.15) is 26.2 Å². The highest BCUT2D eigenvalue weighted by Gasteiger charge is 2.41. The van der Waals surface area contributed by atoms with Crippen molar-refractivity contribution < 1.29 is 4.74 Å². The van der Waals surface area contributed by atoms with E-state index < -0.39 is 0 Å². The number of nitrogens with zero attached hydrogens (tertiary/aromatic N) is 2. The molecule has 1 heterocycles. The molecule has 0 unspecified atom stereocenters. The van der Waals surface area contributed by atoms with E-state index in [1.165, 1.54) is 12.8 Å². The topological polar surface area (TPSA) is 59.1 Å². The van der Waals surface area contributed by atoms with E-state index in [-0.39, 0.29) is 0 Å². The van der Waals surface area contributed by atoms with Gasteiger partial charge in [0, 0.05) is 32.9 Å². The molecule has 0 saturated heterocycles. The van der Waals surface area contributed by atoms with Gasteiger partial charge in [0.2, 0.25) is 0 Å². The monoisotopic (exact) mass is 250 g/mol. The third-order valence-corrected chi connectivity index (χ3v) is 3.46. The molecule has 1 aromatic rings. The zero-order valence-corrected chi connectivity index (χ0v) is 11.2. The molecule has 1 aromatic heterocycles. The molecule has 0 aliphatic heterocycles. The normalized spacial score (nSPS) is 16.3. The summed E-state index contributed by atoms with van der Waals surface area (Å²) in [4.78, 5) is 8.40. The second-order valence-corrected chi connectivity index (χ2v) is 4.92. The van der Waals surface area contributed by atoms with Gasteiger partial charge >= 0.3 is 0 Å². The van der Waals surface area contributed by atoms with Crippen LogP contribution in [0.4, 0.5) is 11.6 Å². The number of aromatic nitrogens is 2. The lowest BCUT2D eigenvalue weighted by Crippen LogP contribution is -2.18. The lowest BCUT2D eigenvalue weighted by molar-refractivity contribution is 0.175. The molecule has 0 radical (unpaired) electrons. The van der Waals surface area contributed by atoms with Gasteiger partial charge in [0.15, 0.2) is 0 Å². The summed E-state index contributed by atoms with van der Waals surface area (Å²) in [6, 6.07) is 1.95. The van der Waals surface area contributed by atoms with Crippen LogP contribution >= 0.6 is 0 Å². The van der Waals surface area contributed by atoms with Crippen LogP contribution in [-0.2, 0) is 4.74 Å². The maximum atomic E-state index is 5.16. The molecule has 0 spiro atoms. The highest BCUT2D eigenvalue weighted by molar-refractivity contribution is 5.46. The van der Waals surface area contributed by atoms with Gasteiger partial charge in [0.05, 0.1) is 0 Å². The Morgan fingerprint density at radius 1 is 1.28 bits per heavy atom. The van der Waals surface area contributed by atoms with Crippen molar-refractivity contribution in [2.75, 3.05) is 37.4 Å². The van der Waals surface area contributed by atoms with Crippen LogP contribution in [0.2, 0.25) is 0 Å². The first-order chi connectivity index (χ1) is 8.78. The van der Waals surface area contributed by atoms with E-state index in [4.69, 9.17) is 4.74 Å². The molecular weight excluding hydrogens is 228 g/mol. The maximum Gasteiger partial charge on any atom is 0.131 e. The van der Waals surface area contributed by atoms with Crippen LogP contribution in [0, 0.1) is 5.41 Å². The molecule has 0 atom stereocenters. The number of rotatable bonds is 8. The zero-order valence-electron chi connectivity index (χ0n) is 11.2. The van der Waals surface area contributed by atoms with Gasteiger partial charge in [-0.25, -0.2) is 9.97 Å². The summed E-state index contributed by atoms with van der Waals surface area (Å²) in [6.45, 7) is 4.74. The van der Waals surface area contributed by atoms with Crippen molar-refractivity contribution in [1.29, 1.82) is 0 Å². The van der Waals surface area contributed by atoms with E-state index in [1.54, 1.807) is 13.4 Å². The predicted octanol–water partition coefficient (Wildman–Crippen LogP) is 2.14. The molecule has 1 saturated carbocycles. The van der Waals surface area contributed by atoms with Gasteiger partial charge in [-0.05, 0) is 31.6 Å². The molecule has 1 aliphatic carbocycles. The lowest BCUT2D eigenvalue weighted by Gasteiger charge is -2.16. The molecule has 1 fully saturated rings. The molecule has 100 valence electrons. The second kappa shape index (κ2) is 6.00. The Morgan fingerprint density at radius 3 is 2.61 bits per heavy atom. The SMILES string of the molecule is CCNc1cc(NCC2(CCOC)CC2)ncn1. The number of ether oxygens (including phenoxy) is 1. The van der Waals surface area contributed by atoms with Crippen LogP contribution in [0.15, 0.2) is 12.4 Å². The first kappa shape index (κ1) is 13.1. The molecule has 0 aromatic carbocycles. The first-order valence-electron chi connectivity index (χ1n) is 6.57. The Bertz CT molecular complexity index is 379. The minimum Gasteiger partial charge on any atom is -0.385 e. The minimum absolute atomic E-state index is 0.430. The molecular formula is C13H22N4O. The van der Waals surface area contributed by atoms with Crippen molar-refractivity contribution in [1.82, 2.24) is 9.97 Å². The molecule has 18 heavy (non-hydrogen) atoms. The standard InChI is InChI=1S/C13H22N4O/c1-3-14-11-8-12(17-10-16-11)15-9-13(4-5-13)6-7-18-2/h8,10H,3-7,9H2,1-2H3,(H2,14,15,16,17). The van der Waals surface area contributed by atoms with E-state index in [0.717, 1.165) is 37.8 Å². The summed E-state index contributed by atoms with van der Waals surface area (Å²) in [5, 5.41) is 6.59. The number of hydrogen-bond donors (Lipinski definition) is 2. The van der Waals surface area contributed by atoms with Crippen molar-refractivity contribution in [3.63, 3.8) is 0 Å². The summed E-state index contributed by atoms with van der Waals surface area (Å²) in [7, 11) is 1.76. The fraction of sp³-hybridized carbons (Fsp3) is 0.692. The molecule has 2 rings (SSSR count). The van der Waals surface area contributed by atoms with Crippen molar-refractivity contribution in [3.8, 4) is 0 Å². The smallest absolute Gasteiger partial charge is 0.131 e. The number of nitrogens with one attached hydrogen (secondary N) is 2. The highest BCUT2D eigenvalue weighted by Crippen LogP contribution is 2.48. The molecule has 2 N–H and O–H groups in total. The Morgan fingerprint density at radius 2 is 2.00 bits per heavy atom. The number of methoxy groups -OCH3 is 1. The fourth-order valence-corrected chi connectivity index (χ4v) is 2.02. The average molecular weight is 250 g/mol. The van der Waals surface area contributed by atoms with Crippen LogP contribution < -0.4 is 10.6 Å². The van der Waals surface area contributed by atoms with Gasteiger partial charge in [-0.1, -0.05) is 0 Å². The maximum absolute atomic E-state index is 5.16. The van der Waals surface area contributed by atoms with Crippen molar-refractivity contribution >= 4 is 11.6 Å². The molecule has 0 bridgehead atoms. The van der Waals surface area contributed by atoms with Gasteiger partial charge in [-0.15, -0.1) is 0 Å².